The highest BCUT2D eigenvalue weighted by molar-refractivity contribution is 5.97. The SMILES string of the molecule is CC(=O)N(CC(=O)NC(C)C)c1cccc(C)c1. The Morgan fingerprint density at radius 2 is 2.00 bits per heavy atom. The molecule has 4 nitrogen and oxygen atoms in total. The molecule has 18 heavy (non-hydrogen) atoms. The number of hydrogen-bond acceptors (Lipinski definition) is 2. The minimum Gasteiger partial charge on any atom is -0.352 e. The molecule has 0 radical (unpaired) electrons. The summed E-state index contributed by atoms with van der Waals surface area (Å²) in [6.07, 6.45) is 0. The Bertz CT molecular complexity index is 441. The van der Waals surface area contributed by atoms with Crippen molar-refractivity contribution in [3.63, 3.8) is 0 Å². The number of carbonyl (C=O) groups is 2. The molecule has 0 bridgehead atoms. The Kier molecular flexibility index (Phi) is 4.89. The van der Waals surface area contributed by atoms with E-state index in [1.165, 1.54) is 11.8 Å². The number of benzene rings is 1. The zero-order chi connectivity index (χ0) is 13.7. The van der Waals surface area contributed by atoms with Crippen LogP contribution in [0.2, 0.25) is 0 Å². The van der Waals surface area contributed by atoms with Gasteiger partial charge in [-0.05, 0) is 38.5 Å². The standard InChI is InChI=1S/C14H20N2O2/c1-10(2)15-14(18)9-16(12(4)17)13-7-5-6-11(3)8-13/h5-8,10H,9H2,1-4H3,(H,15,18). The number of hydrogen-bond donors (Lipinski definition) is 1. The van der Waals surface area contributed by atoms with E-state index in [1.54, 1.807) is 0 Å². The molecular weight excluding hydrogens is 228 g/mol. The molecule has 0 aromatic heterocycles. The molecule has 0 saturated carbocycles. The van der Waals surface area contributed by atoms with Gasteiger partial charge in [0.1, 0.15) is 6.54 Å². The van der Waals surface area contributed by atoms with E-state index in [-0.39, 0.29) is 24.4 Å². The van der Waals surface area contributed by atoms with Crippen LogP contribution in [0.1, 0.15) is 26.3 Å². The van der Waals surface area contributed by atoms with Gasteiger partial charge in [0.25, 0.3) is 0 Å². The summed E-state index contributed by atoms with van der Waals surface area (Å²) >= 11 is 0. The van der Waals surface area contributed by atoms with Crippen molar-refractivity contribution in [1.82, 2.24) is 5.32 Å². The highest BCUT2D eigenvalue weighted by Gasteiger charge is 2.16. The molecule has 0 heterocycles. The molecule has 4 heteroatoms. The Hall–Kier alpha value is -1.84. The van der Waals surface area contributed by atoms with Crippen LogP contribution in [0.25, 0.3) is 0 Å². The van der Waals surface area contributed by atoms with Gasteiger partial charge in [0, 0.05) is 18.7 Å². The third-order valence-corrected chi connectivity index (χ3v) is 2.44. The van der Waals surface area contributed by atoms with Gasteiger partial charge in [0.2, 0.25) is 11.8 Å². The Balaban J connectivity index is 2.84. The van der Waals surface area contributed by atoms with Crippen molar-refractivity contribution < 1.29 is 9.59 Å². The maximum atomic E-state index is 11.7. The predicted molar refractivity (Wildman–Crippen MR) is 72.5 cm³/mol. The normalized spacial score (nSPS) is 10.3. The molecule has 1 rings (SSSR count). The molecule has 0 aliphatic heterocycles. The second-order valence-electron chi connectivity index (χ2n) is 4.67. The van der Waals surface area contributed by atoms with Crippen LogP contribution in [0, 0.1) is 6.92 Å². The monoisotopic (exact) mass is 248 g/mol. The molecule has 0 fully saturated rings. The highest BCUT2D eigenvalue weighted by atomic mass is 16.2. The summed E-state index contributed by atoms with van der Waals surface area (Å²) in [7, 11) is 0. The maximum Gasteiger partial charge on any atom is 0.240 e. The van der Waals surface area contributed by atoms with Crippen LogP contribution in [0.4, 0.5) is 5.69 Å². The first-order valence-corrected chi connectivity index (χ1v) is 6.04. The van der Waals surface area contributed by atoms with E-state index >= 15 is 0 Å². The summed E-state index contributed by atoms with van der Waals surface area (Å²) in [5, 5.41) is 2.78. The minimum absolute atomic E-state index is 0.0525. The summed E-state index contributed by atoms with van der Waals surface area (Å²) < 4.78 is 0. The summed E-state index contributed by atoms with van der Waals surface area (Å²) in [6, 6.07) is 7.63. The van der Waals surface area contributed by atoms with Crippen molar-refractivity contribution in [2.45, 2.75) is 33.7 Å². The second-order valence-corrected chi connectivity index (χ2v) is 4.67. The average molecular weight is 248 g/mol. The summed E-state index contributed by atoms with van der Waals surface area (Å²) in [5.74, 6) is -0.291. The molecule has 0 unspecified atom stereocenters. The van der Waals surface area contributed by atoms with Gasteiger partial charge in [0.05, 0.1) is 0 Å². The average Bonchev–Trinajstić information content (AvgIpc) is 2.24. The first kappa shape index (κ1) is 14.2. The first-order valence-electron chi connectivity index (χ1n) is 6.04. The predicted octanol–water partition coefficient (Wildman–Crippen LogP) is 1.87. The maximum absolute atomic E-state index is 11.7. The largest absolute Gasteiger partial charge is 0.352 e. The fourth-order valence-corrected chi connectivity index (χ4v) is 1.69. The van der Waals surface area contributed by atoms with Gasteiger partial charge in [-0.25, -0.2) is 0 Å². The van der Waals surface area contributed by atoms with Crippen molar-refractivity contribution in [1.29, 1.82) is 0 Å². The number of nitrogens with one attached hydrogen (secondary N) is 1. The van der Waals surface area contributed by atoms with E-state index in [4.69, 9.17) is 0 Å². The number of aryl methyl sites for hydroxylation is 1. The molecule has 98 valence electrons. The van der Waals surface area contributed by atoms with E-state index in [2.05, 4.69) is 5.32 Å². The molecule has 0 atom stereocenters. The van der Waals surface area contributed by atoms with Crippen molar-refractivity contribution in [2.75, 3.05) is 11.4 Å². The van der Waals surface area contributed by atoms with E-state index in [0.29, 0.717) is 0 Å². The van der Waals surface area contributed by atoms with Crippen LogP contribution in [0.3, 0.4) is 0 Å². The van der Waals surface area contributed by atoms with Crippen molar-refractivity contribution in [3.05, 3.63) is 29.8 Å². The third-order valence-electron chi connectivity index (χ3n) is 2.44. The van der Waals surface area contributed by atoms with Crippen molar-refractivity contribution in [3.8, 4) is 0 Å². The highest BCUT2D eigenvalue weighted by Crippen LogP contribution is 2.15. The van der Waals surface area contributed by atoms with Crippen LogP contribution in [0.15, 0.2) is 24.3 Å². The van der Waals surface area contributed by atoms with E-state index in [0.717, 1.165) is 11.3 Å². The zero-order valence-corrected chi connectivity index (χ0v) is 11.4. The summed E-state index contributed by atoms with van der Waals surface area (Å²) in [6.45, 7) is 7.25. The number of anilines is 1. The van der Waals surface area contributed by atoms with Gasteiger partial charge in [-0.1, -0.05) is 12.1 Å². The molecule has 0 aliphatic rings. The molecule has 0 aliphatic carbocycles. The first-order chi connectivity index (χ1) is 8.40. The quantitative estimate of drug-likeness (QED) is 0.884. The minimum atomic E-state index is -0.151. The number of nitrogens with zero attached hydrogens (tertiary/aromatic N) is 1. The number of amides is 2. The summed E-state index contributed by atoms with van der Waals surface area (Å²) in [5.41, 5.74) is 1.81. The van der Waals surface area contributed by atoms with E-state index in [9.17, 15) is 9.59 Å². The Morgan fingerprint density at radius 1 is 1.33 bits per heavy atom. The lowest BCUT2D eigenvalue weighted by atomic mass is 10.2. The molecule has 1 aromatic rings. The van der Waals surface area contributed by atoms with Crippen LogP contribution in [-0.2, 0) is 9.59 Å². The topological polar surface area (TPSA) is 49.4 Å². The number of rotatable bonds is 4. The van der Waals surface area contributed by atoms with Gasteiger partial charge in [0.15, 0.2) is 0 Å². The van der Waals surface area contributed by atoms with Gasteiger partial charge >= 0.3 is 0 Å². The van der Waals surface area contributed by atoms with Crippen LogP contribution in [-0.4, -0.2) is 24.4 Å². The molecule has 0 saturated heterocycles. The lowest BCUT2D eigenvalue weighted by Gasteiger charge is -2.21. The molecule has 2 amide bonds. The second kappa shape index (κ2) is 6.19. The van der Waals surface area contributed by atoms with Gasteiger partial charge in [-0.2, -0.15) is 0 Å². The number of carbonyl (C=O) groups excluding carboxylic acids is 2. The fraction of sp³-hybridized carbons (Fsp3) is 0.429. The van der Waals surface area contributed by atoms with E-state index < -0.39 is 0 Å². The van der Waals surface area contributed by atoms with Gasteiger partial charge in [-0.15, -0.1) is 0 Å². The van der Waals surface area contributed by atoms with Crippen LogP contribution in [0.5, 0.6) is 0 Å². The van der Waals surface area contributed by atoms with E-state index in [1.807, 2.05) is 45.0 Å². The third kappa shape index (κ3) is 4.20. The van der Waals surface area contributed by atoms with Crippen LogP contribution >= 0.6 is 0 Å². The van der Waals surface area contributed by atoms with Crippen molar-refractivity contribution in [2.24, 2.45) is 0 Å². The summed E-state index contributed by atoms with van der Waals surface area (Å²) in [4.78, 5) is 24.8. The van der Waals surface area contributed by atoms with Crippen LogP contribution < -0.4 is 10.2 Å². The Labute approximate surface area is 108 Å². The molecule has 1 aromatic carbocycles. The zero-order valence-electron chi connectivity index (χ0n) is 11.4. The molecule has 0 spiro atoms. The molecule has 1 N–H and O–H groups in total. The lowest BCUT2D eigenvalue weighted by Crippen LogP contribution is -2.42. The van der Waals surface area contributed by atoms with Gasteiger partial charge < -0.3 is 10.2 Å². The Morgan fingerprint density at radius 3 is 2.50 bits per heavy atom. The molecular formula is C14H20N2O2. The van der Waals surface area contributed by atoms with Gasteiger partial charge in [-0.3, -0.25) is 9.59 Å². The van der Waals surface area contributed by atoms with Crippen molar-refractivity contribution >= 4 is 17.5 Å². The smallest absolute Gasteiger partial charge is 0.240 e. The lowest BCUT2D eigenvalue weighted by molar-refractivity contribution is -0.123. The fourth-order valence-electron chi connectivity index (χ4n) is 1.69.